The van der Waals surface area contributed by atoms with Crippen LogP contribution in [0.4, 0.5) is 0 Å². The maximum Gasteiger partial charge on any atom is 0.226 e. The highest BCUT2D eigenvalue weighted by Gasteiger charge is 2.15. The van der Waals surface area contributed by atoms with E-state index in [0.29, 0.717) is 6.42 Å². The minimum absolute atomic E-state index is 0.0295. The molecule has 84 valence electrons. The number of allylic oxidation sites excluding steroid dienone is 1. The Hall–Kier alpha value is -1.58. The van der Waals surface area contributed by atoms with E-state index in [2.05, 4.69) is 11.9 Å². The van der Waals surface area contributed by atoms with Crippen LogP contribution in [-0.2, 0) is 9.59 Å². The Labute approximate surface area is 90.6 Å². The van der Waals surface area contributed by atoms with Gasteiger partial charge < -0.3 is 10.2 Å². The lowest BCUT2D eigenvalue weighted by Crippen LogP contribution is -2.16. The summed E-state index contributed by atoms with van der Waals surface area (Å²) >= 11 is 0. The molecule has 4 heteroatoms. The van der Waals surface area contributed by atoms with Gasteiger partial charge in [-0.3, -0.25) is 9.59 Å². The Kier molecular flexibility index (Phi) is 6.97. The van der Waals surface area contributed by atoms with Gasteiger partial charge in [0, 0.05) is 19.9 Å². The van der Waals surface area contributed by atoms with E-state index >= 15 is 0 Å². The van der Waals surface area contributed by atoms with Gasteiger partial charge >= 0.3 is 0 Å². The summed E-state index contributed by atoms with van der Waals surface area (Å²) < 4.78 is 0. The van der Waals surface area contributed by atoms with Gasteiger partial charge in [0.15, 0.2) is 0 Å². The molecule has 0 spiro atoms. The topological polar surface area (TPSA) is 49.4 Å². The molecule has 1 fully saturated rings. The first-order chi connectivity index (χ1) is 7.11. The number of likely N-dealkylation sites (tertiary alicyclic amines) is 1. The van der Waals surface area contributed by atoms with Crippen LogP contribution in [-0.4, -0.2) is 23.3 Å². The normalized spacial score (nSPS) is 14.8. The van der Waals surface area contributed by atoms with Crippen LogP contribution >= 0.6 is 0 Å². The summed E-state index contributed by atoms with van der Waals surface area (Å²) in [6.07, 6.45) is 6.65. The lowest BCUT2D eigenvalue weighted by atomic mass is 10.4. The number of amides is 2. The number of hydrogen-bond acceptors (Lipinski definition) is 2. The zero-order chi connectivity index (χ0) is 11.7. The zero-order valence-corrected chi connectivity index (χ0v) is 9.32. The van der Waals surface area contributed by atoms with Crippen molar-refractivity contribution >= 4 is 11.8 Å². The second-order valence-electron chi connectivity index (χ2n) is 3.07. The molecule has 1 N–H and O–H groups in total. The first-order valence-corrected chi connectivity index (χ1v) is 4.92. The largest absolute Gasteiger partial charge is 0.333 e. The van der Waals surface area contributed by atoms with Gasteiger partial charge in [-0.15, -0.1) is 0 Å². The average molecular weight is 210 g/mol. The van der Waals surface area contributed by atoms with Crippen molar-refractivity contribution < 1.29 is 9.59 Å². The van der Waals surface area contributed by atoms with Gasteiger partial charge in [0.05, 0.1) is 0 Å². The molecule has 0 aromatic heterocycles. The average Bonchev–Trinajstić information content (AvgIpc) is 2.61. The van der Waals surface area contributed by atoms with Crippen LogP contribution < -0.4 is 5.32 Å². The first kappa shape index (κ1) is 13.4. The predicted molar refractivity (Wildman–Crippen MR) is 59.8 cm³/mol. The molecule has 15 heavy (non-hydrogen) atoms. The minimum Gasteiger partial charge on any atom is -0.333 e. The second-order valence-corrected chi connectivity index (χ2v) is 3.07. The van der Waals surface area contributed by atoms with Gasteiger partial charge in [0.1, 0.15) is 0 Å². The summed E-state index contributed by atoms with van der Waals surface area (Å²) in [5.41, 5.74) is 0. The second kappa shape index (κ2) is 7.79. The number of rotatable bonds is 2. The number of carbonyl (C=O) groups excluding carboxylic acids is 2. The van der Waals surface area contributed by atoms with Crippen LogP contribution in [0.2, 0.25) is 0 Å². The van der Waals surface area contributed by atoms with E-state index in [1.54, 1.807) is 23.4 Å². The number of nitrogens with one attached hydrogen (secondary N) is 1. The summed E-state index contributed by atoms with van der Waals surface area (Å²) in [4.78, 5) is 22.4. The molecule has 0 aliphatic carbocycles. The fraction of sp³-hybridized carbons (Fsp3) is 0.455. The monoisotopic (exact) mass is 210 g/mol. The van der Waals surface area contributed by atoms with Crippen molar-refractivity contribution in [1.82, 2.24) is 10.2 Å². The molecule has 0 atom stereocenters. The van der Waals surface area contributed by atoms with Crippen LogP contribution in [0.15, 0.2) is 25.1 Å². The molecule has 4 nitrogen and oxygen atoms in total. The molecule has 0 aromatic rings. The van der Waals surface area contributed by atoms with Crippen LogP contribution in [0.3, 0.4) is 0 Å². The zero-order valence-electron chi connectivity index (χ0n) is 9.32. The van der Waals surface area contributed by atoms with Crippen molar-refractivity contribution in [2.24, 2.45) is 0 Å². The van der Waals surface area contributed by atoms with Gasteiger partial charge in [-0.2, -0.15) is 0 Å². The molecule has 2 amide bonds. The third-order valence-electron chi connectivity index (χ3n) is 1.78. The van der Waals surface area contributed by atoms with Crippen molar-refractivity contribution in [3.63, 3.8) is 0 Å². The van der Waals surface area contributed by atoms with Crippen LogP contribution in [0.25, 0.3) is 0 Å². The summed E-state index contributed by atoms with van der Waals surface area (Å²) in [5, 5.41) is 2.48. The molecular formula is C11H18N2O2. The molecule has 0 aromatic carbocycles. The summed E-state index contributed by atoms with van der Waals surface area (Å²) in [5.74, 6) is 0.179. The number of carbonyl (C=O) groups is 2. The molecule has 0 bridgehead atoms. The van der Waals surface area contributed by atoms with Gasteiger partial charge in [-0.1, -0.05) is 12.7 Å². The summed E-state index contributed by atoms with van der Waals surface area (Å²) in [6.45, 7) is 7.68. The van der Waals surface area contributed by atoms with Crippen LogP contribution in [0, 0.1) is 0 Å². The van der Waals surface area contributed by atoms with E-state index in [0.717, 1.165) is 13.0 Å². The number of hydrogen-bond donors (Lipinski definition) is 1. The fourth-order valence-electron chi connectivity index (χ4n) is 1.06. The third-order valence-corrected chi connectivity index (χ3v) is 1.78. The molecule has 1 heterocycles. The van der Waals surface area contributed by atoms with Crippen molar-refractivity contribution in [3.05, 3.63) is 25.1 Å². The third kappa shape index (κ3) is 6.49. The standard InChI is InChI=1S/C6H9NO.C5H9NO/c1-2-7-5-3-4-6(7)8;1-3-4-6-5(2)7/h2H,1,3-5H2;3-4H,1-2H3,(H,6,7). The molecule has 1 rings (SSSR count). The van der Waals surface area contributed by atoms with Crippen molar-refractivity contribution in [3.8, 4) is 0 Å². The smallest absolute Gasteiger partial charge is 0.226 e. The SMILES string of the molecule is C=CN1CCCC1=O.CC=CNC(C)=O. The lowest BCUT2D eigenvalue weighted by Gasteiger charge is -2.05. The Morgan fingerprint density at radius 2 is 2.27 bits per heavy atom. The van der Waals surface area contributed by atoms with Gasteiger partial charge in [0.2, 0.25) is 11.8 Å². The molecule has 1 aliphatic rings. The van der Waals surface area contributed by atoms with E-state index in [1.807, 2.05) is 6.92 Å². The predicted octanol–water partition coefficient (Wildman–Crippen LogP) is 1.41. The lowest BCUT2D eigenvalue weighted by molar-refractivity contribution is -0.125. The molecule has 0 unspecified atom stereocenters. The maximum absolute atomic E-state index is 10.7. The summed E-state index contributed by atoms with van der Waals surface area (Å²) in [7, 11) is 0. The highest BCUT2D eigenvalue weighted by atomic mass is 16.2. The molecule has 0 radical (unpaired) electrons. The van der Waals surface area contributed by atoms with E-state index < -0.39 is 0 Å². The van der Waals surface area contributed by atoms with E-state index in [9.17, 15) is 9.59 Å². The first-order valence-electron chi connectivity index (χ1n) is 4.92. The maximum atomic E-state index is 10.7. The fourth-order valence-corrected chi connectivity index (χ4v) is 1.06. The highest BCUT2D eigenvalue weighted by Crippen LogP contribution is 2.08. The Morgan fingerprint density at radius 3 is 2.47 bits per heavy atom. The Bertz CT molecular complexity index is 259. The van der Waals surface area contributed by atoms with E-state index in [4.69, 9.17) is 0 Å². The Morgan fingerprint density at radius 1 is 1.60 bits per heavy atom. The molecule has 1 saturated heterocycles. The van der Waals surface area contributed by atoms with Gasteiger partial charge in [-0.25, -0.2) is 0 Å². The van der Waals surface area contributed by atoms with Gasteiger partial charge in [0.25, 0.3) is 0 Å². The van der Waals surface area contributed by atoms with Crippen molar-refractivity contribution in [1.29, 1.82) is 0 Å². The number of nitrogens with zero attached hydrogens (tertiary/aromatic N) is 1. The van der Waals surface area contributed by atoms with E-state index in [-0.39, 0.29) is 11.8 Å². The van der Waals surface area contributed by atoms with Crippen LogP contribution in [0.1, 0.15) is 26.7 Å². The Balaban J connectivity index is 0.000000265. The molecule has 0 saturated carbocycles. The molecule has 1 aliphatic heterocycles. The van der Waals surface area contributed by atoms with Crippen molar-refractivity contribution in [2.75, 3.05) is 6.54 Å². The van der Waals surface area contributed by atoms with Crippen molar-refractivity contribution in [2.45, 2.75) is 26.7 Å². The highest BCUT2D eigenvalue weighted by molar-refractivity contribution is 5.78. The summed E-state index contributed by atoms with van der Waals surface area (Å²) in [6, 6.07) is 0. The quantitative estimate of drug-likeness (QED) is 0.749. The van der Waals surface area contributed by atoms with E-state index in [1.165, 1.54) is 6.92 Å². The minimum atomic E-state index is -0.0295. The van der Waals surface area contributed by atoms with Crippen LogP contribution in [0.5, 0.6) is 0 Å². The van der Waals surface area contributed by atoms with Gasteiger partial charge in [-0.05, 0) is 25.7 Å². The molecular weight excluding hydrogens is 192 g/mol.